The molecule has 0 spiro atoms. The molecule has 100 valence electrons. The highest BCUT2D eigenvalue weighted by atomic mass is 32.1. The van der Waals surface area contributed by atoms with Gasteiger partial charge in [-0.15, -0.1) is 11.3 Å². The summed E-state index contributed by atoms with van der Waals surface area (Å²) in [6.07, 6.45) is 0.0746. The molecule has 19 heavy (non-hydrogen) atoms. The van der Waals surface area contributed by atoms with Gasteiger partial charge >= 0.3 is 5.97 Å². The van der Waals surface area contributed by atoms with Crippen molar-refractivity contribution in [3.8, 4) is 0 Å². The molecule has 1 heterocycles. The third-order valence-electron chi connectivity index (χ3n) is 3.03. The lowest BCUT2D eigenvalue weighted by Crippen LogP contribution is -2.18. The molecule has 1 atom stereocenters. The maximum Gasteiger partial charge on any atom is 0.307 e. The Morgan fingerprint density at radius 1 is 1.26 bits per heavy atom. The lowest BCUT2D eigenvalue weighted by Gasteiger charge is -2.14. The summed E-state index contributed by atoms with van der Waals surface area (Å²) in [7, 11) is 0. The summed E-state index contributed by atoms with van der Waals surface area (Å²) in [5.74, 6) is -0.793. The Labute approximate surface area is 116 Å². The fourth-order valence-corrected chi connectivity index (χ4v) is 2.73. The van der Waals surface area contributed by atoms with Gasteiger partial charge in [0.2, 0.25) is 0 Å². The summed E-state index contributed by atoms with van der Waals surface area (Å²) < 4.78 is 0. The van der Waals surface area contributed by atoms with E-state index in [2.05, 4.69) is 23.7 Å². The van der Waals surface area contributed by atoms with E-state index in [1.54, 1.807) is 11.3 Å². The molecule has 3 nitrogen and oxygen atoms in total. The van der Waals surface area contributed by atoms with Gasteiger partial charge in [-0.25, -0.2) is 0 Å². The van der Waals surface area contributed by atoms with Crippen molar-refractivity contribution in [3.63, 3.8) is 0 Å². The molecule has 0 saturated carbocycles. The van der Waals surface area contributed by atoms with Gasteiger partial charge in [0.05, 0.1) is 6.42 Å². The van der Waals surface area contributed by atoms with E-state index >= 15 is 0 Å². The van der Waals surface area contributed by atoms with Crippen LogP contribution in [0.4, 0.5) is 0 Å². The zero-order valence-electron chi connectivity index (χ0n) is 10.8. The van der Waals surface area contributed by atoms with Crippen LogP contribution >= 0.6 is 11.3 Å². The van der Waals surface area contributed by atoms with Crippen LogP contribution in [0.2, 0.25) is 0 Å². The lowest BCUT2D eigenvalue weighted by atomic mass is 10.0. The smallest absolute Gasteiger partial charge is 0.307 e. The summed E-state index contributed by atoms with van der Waals surface area (Å²) in [5, 5.41) is 14.4. The molecule has 1 aromatic carbocycles. The zero-order valence-corrected chi connectivity index (χ0v) is 11.6. The minimum Gasteiger partial charge on any atom is -0.481 e. The van der Waals surface area contributed by atoms with E-state index in [-0.39, 0.29) is 12.5 Å². The SMILES string of the molecule is CC(NCc1ccccc1CC(=O)O)c1cccs1. The van der Waals surface area contributed by atoms with Crippen LogP contribution in [0.5, 0.6) is 0 Å². The number of carbonyl (C=O) groups is 1. The molecule has 1 unspecified atom stereocenters. The highest BCUT2D eigenvalue weighted by molar-refractivity contribution is 7.10. The highest BCUT2D eigenvalue weighted by Gasteiger charge is 2.09. The molecule has 0 saturated heterocycles. The molecule has 0 fully saturated rings. The predicted molar refractivity (Wildman–Crippen MR) is 77.4 cm³/mol. The van der Waals surface area contributed by atoms with Gasteiger partial charge in [0, 0.05) is 17.5 Å². The van der Waals surface area contributed by atoms with Gasteiger partial charge in [-0.2, -0.15) is 0 Å². The van der Waals surface area contributed by atoms with Gasteiger partial charge in [0.15, 0.2) is 0 Å². The van der Waals surface area contributed by atoms with Crippen molar-refractivity contribution in [2.24, 2.45) is 0 Å². The molecule has 0 radical (unpaired) electrons. The molecule has 4 heteroatoms. The van der Waals surface area contributed by atoms with E-state index in [9.17, 15) is 4.79 Å². The van der Waals surface area contributed by atoms with Gasteiger partial charge in [-0.05, 0) is 29.5 Å². The van der Waals surface area contributed by atoms with Crippen molar-refractivity contribution < 1.29 is 9.90 Å². The fourth-order valence-electron chi connectivity index (χ4n) is 1.97. The van der Waals surface area contributed by atoms with Crippen LogP contribution in [0, 0.1) is 0 Å². The molecular formula is C15H17NO2S. The molecule has 2 aromatic rings. The van der Waals surface area contributed by atoms with Crippen molar-refractivity contribution in [1.29, 1.82) is 0 Å². The maximum atomic E-state index is 10.8. The number of benzene rings is 1. The van der Waals surface area contributed by atoms with Crippen LogP contribution in [-0.2, 0) is 17.8 Å². The first-order valence-electron chi connectivity index (χ1n) is 6.22. The number of carboxylic acid groups (broad SMARTS) is 1. The molecular weight excluding hydrogens is 258 g/mol. The molecule has 0 aliphatic rings. The lowest BCUT2D eigenvalue weighted by molar-refractivity contribution is -0.136. The Morgan fingerprint density at radius 3 is 2.63 bits per heavy atom. The normalized spacial score (nSPS) is 12.3. The highest BCUT2D eigenvalue weighted by Crippen LogP contribution is 2.19. The van der Waals surface area contributed by atoms with Crippen molar-refractivity contribution in [2.45, 2.75) is 25.9 Å². The zero-order chi connectivity index (χ0) is 13.7. The number of hydrogen-bond donors (Lipinski definition) is 2. The molecule has 1 aromatic heterocycles. The molecule has 0 amide bonds. The molecule has 0 bridgehead atoms. The number of carboxylic acids is 1. The second-order valence-electron chi connectivity index (χ2n) is 4.46. The van der Waals surface area contributed by atoms with Crippen LogP contribution in [0.3, 0.4) is 0 Å². The standard InChI is InChI=1S/C15H17NO2S/c1-11(14-7-4-8-19-14)16-10-13-6-3-2-5-12(13)9-15(17)18/h2-8,11,16H,9-10H2,1H3,(H,17,18). The van der Waals surface area contributed by atoms with E-state index in [1.165, 1.54) is 4.88 Å². The van der Waals surface area contributed by atoms with E-state index in [0.717, 1.165) is 11.1 Å². The molecule has 0 aliphatic carbocycles. The summed E-state index contributed by atoms with van der Waals surface area (Å²) in [5.41, 5.74) is 1.93. The van der Waals surface area contributed by atoms with Crippen LogP contribution in [0.15, 0.2) is 41.8 Å². The predicted octanol–water partition coefficient (Wildman–Crippen LogP) is 3.23. The Hall–Kier alpha value is -1.65. The molecule has 0 aliphatic heterocycles. The Kier molecular flexibility index (Phi) is 4.71. The number of thiophene rings is 1. The van der Waals surface area contributed by atoms with E-state index in [4.69, 9.17) is 5.11 Å². The Balaban J connectivity index is 2.01. The first-order valence-corrected chi connectivity index (χ1v) is 7.10. The van der Waals surface area contributed by atoms with Gasteiger partial charge in [0.25, 0.3) is 0 Å². The summed E-state index contributed by atoms with van der Waals surface area (Å²) in [4.78, 5) is 12.1. The van der Waals surface area contributed by atoms with Crippen molar-refractivity contribution in [2.75, 3.05) is 0 Å². The van der Waals surface area contributed by atoms with Crippen LogP contribution in [-0.4, -0.2) is 11.1 Å². The second kappa shape index (κ2) is 6.50. The molecule has 2 rings (SSSR count). The van der Waals surface area contributed by atoms with Crippen molar-refractivity contribution in [1.82, 2.24) is 5.32 Å². The number of rotatable bonds is 6. The summed E-state index contributed by atoms with van der Waals surface area (Å²) >= 11 is 1.72. The van der Waals surface area contributed by atoms with Crippen LogP contribution in [0.25, 0.3) is 0 Å². The Morgan fingerprint density at radius 2 is 2.00 bits per heavy atom. The van der Waals surface area contributed by atoms with E-state index in [1.807, 2.05) is 30.3 Å². The van der Waals surface area contributed by atoms with Gasteiger partial charge < -0.3 is 10.4 Å². The minimum atomic E-state index is -0.793. The third-order valence-corrected chi connectivity index (χ3v) is 4.08. The quantitative estimate of drug-likeness (QED) is 0.851. The second-order valence-corrected chi connectivity index (χ2v) is 5.44. The van der Waals surface area contributed by atoms with Crippen LogP contribution in [0.1, 0.15) is 29.0 Å². The number of nitrogens with one attached hydrogen (secondary N) is 1. The topological polar surface area (TPSA) is 49.3 Å². The maximum absolute atomic E-state index is 10.8. The first-order chi connectivity index (χ1) is 9.16. The average molecular weight is 275 g/mol. The number of aliphatic carboxylic acids is 1. The van der Waals surface area contributed by atoms with Gasteiger partial charge in [0.1, 0.15) is 0 Å². The van der Waals surface area contributed by atoms with E-state index < -0.39 is 5.97 Å². The van der Waals surface area contributed by atoms with E-state index in [0.29, 0.717) is 6.54 Å². The van der Waals surface area contributed by atoms with Gasteiger partial charge in [-0.3, -0.25) is 4.79 Å². The Bertz CT molecular complexity index is 537. The molecule has 2 N–H and O–H groups in total. The first kappa shape index (κ1) is 13.8. The average Bonchev–Trinajstić information content (AvgIpc) is 2.90. The van der Waals surface area contributed by atoms with Crippen molar-refractivity contribution >= 4 is 17.3 Å². The minimum absolute atomic E-state index is 0.0746. The fraction of sp³-hybridized carbons (Fsp3) is 0.267. The third kappa shape index (κ3) is 3.91. The largest absolute Gasteiger partial charge is 0.481 e. The van der Waals surface area contributed by atoms with Crippen molar-refractivity contribution in [3.05, 3.63) is 57.8 Å². The summed E-state index contributed by atoms with van der Waals surface area (Å²) in [6, 6.07) is 12.1. The van der Waals surface area contributed by atoms with Crippen LogP contribution < -0.4 is 5.32 Å². The van der Waals surface area contributed by atoms with Gasteiger partial charge in [-0.1, -0.05) is 30.3 Å². The summed E-state index contributed by atoms with van der Waals surface area (Å²) in [6.45, 7) is 2.80. The number of hydrogen-bond acceptors (Lipinski definition) is 3. The monoisotopic (exact) mass is 275 g/mol.